The number of hydrogen-bond acceptors (Lipinski definition) is 6. The van der Waals surface area contributed by atoms with Gasteiger partial charge in [0.05, 0.1) is 24.8 Å². The fourth-order valence-corrected chi connectivity index (χ4v) is 4.28. The Bertz CT molecular complexity index is 1060. The zero-order valence-electron chi connectivity index (χ0n) is 18.5. The number of fused-ring (bicyclic) bond motifs is 1. The number of rotatable bonds is 7. The van der Waals surface area contributed by atoms with Crippen LogP contribution in [-0.4, -0.2) is 54.7 Å². The van der Waals surface area contributed by atoms with Gasteiger partial charge in [0, 0.05) is 25.6 Å². The molecule has 168 valence electrons. The number of methoxy groups -OCH3 is 1. The maximum atomic E-state index is 13.0. The normalized spacial score (nSPS) is 21.5. The summed E-state index contributed by atoms with van der Waals surface area (Å²) < 4.78 is 16.4. The summed E-state index contributed by atoms with van der Waals surface area (Å²) in [6.07, 6.45) is 0.784. The summed E-state index contributed by atoms with van der Waals surface area (Å²) in [5.74, 6) is -0.0804. The fraction of sp³-hybridized carbons (Fsp3) is 0.360. The standard InChI is InChI=1S/C25H27NO6/c1-4-31-19-8-5-16(6-9-19)22-21(24(28)25(29)26(22)11-12-30-3)23(27)17-7-10-20-18(14-17)13-15(2)32-20/h5-10,14-15,22,27H,4,11-13H2,1-3H3/b23-21-. The van der Waals surface area contributed by atoms with E-state index in [1.807, 2.05) is 32.0 Å². The molecule has 7 heteroatoms. The van der Waals surface area contributed by atoms with Gasteiger partial charge in [-0.25, -0.2) is 0 Å². The third kappa shape index (κ3) is 3.96. The molecule has 2 aliphatic heterocycles. The molecule has 0 bridgehead atoms. The van der Waals surface area contributed by atoms with Crippen LogP contribution < -0.4 is 9.47 Å². The molecule has 0 aromatic heterocycles. The van der Waals surface area contributed by atoms with Crippen LogP contribution in [0.15, 0.2) is 48.0 Å². The molecule has 2 aromatic rings. The summed E-state index contributed by atoms with van der Waals surface area (Å²) in [5, 5.41) is 11.2. The molecular weight excluding hydrogens is 410 g/mol. The van der Waals surface area contributed by atoms with Crippen LogP contribution in [0.3, 0.4) is 0 Å². The number of carbonyl (C=O) groups excluding carboxylic acids is 2. The number of amides is 1. The lowest BCUT2D eigenvalue weighted by atomic mass is 9.94. The molecule has 0 saturated carbocycles. The number of likely N-dealkylation sites (tertiary alicyclic amines) is 1. The first-order valence-electron chi connectivity index (χ1n) is 10.7. The average molecular weight is 437 g/mol. The highest BCUT2D eigenvalue weighted by Gasteiger charge is 2.46. The zero-order valence-corrected chi connectivity index (χ0v) is 18.5. The van der Waals surface area contributed by atoms with Gasteiger partial charge in [-0.15, -0.1) is 0 Å². The largest absolute Gasteiger partial charge is 0.507 e. The van der Waals surface area contributed by atoms with E-state index in [1.165, 1.54) is 12.0 Å². The van der Waals surface area contributed by atoms with E-state index in [9.17, 15) is 14.7 Å². The van der Waals surface area contributed by atoms with Crippen molar-refractivity contribution >= 4 is 17.4 Å². The van der Waals surface area contributed by atoms with Gasteiger partial charge in [-0.05, 0) is 55.3 Å². The van der Waals surface area contributed by atoms with Gasteiger partial charge in [0.2, 0.25) is 0 Å². The van der Waals surface area contributed by atoms with Crippen LogP contribution in [0.1, 0.15) is 36.6 Å². The van der Waals surface area contributed by atoms with Crippen molar-refractivity contribution in [3.8, 4) is 11.5 Å². The van der Waals surface area contributed by atoms with Crippen molar-refractivity contribution < 1.29 is 28.9 Å². The number of Topliss-reactive ketones (excluding diaryl/α,β-unsaturated/α-hetero) is 1. The second-order valence-corrected chi connectivity index (χ2v) is 7.94. The second-order valence-electron chi connectivity index (χ2n) is 7.94. The number of ether oxygens (including phenoxy) is 3. The van der Waals surface area contributed by atoms with E-state index in [-0.39, 0.29) is 30.6 Å². The Kier molecular flexibility index (Phi) is 6.19. The first kappa shape index (κ1) is 21.9. The molecule has 1 saturated heterocycles. The Morgan fingerprint density at radius 2 is 1.94 bits per heavy atom. The third-order valence-electron chi connectivity index (χ3n) is 5.75. The van der Waals surface area contributed by atoms with Gasteiger partial charge < -0.3 is 24.2 Å². The molecule has 1 amide bonds. The minimum Gasteiger partial charge on any atom is -0.507 e. The van der Waals surface area contributed by atoms with Crippen LogP contribution in [-0.2, 0) is 20.7 Å². The summed E-state index contributed by atoms with van der Waals surface area (Å²) in [7, 11) is 1.54. The van der Waals surface area contributed by atoms with E-state index in [2.05, 4.69) is 0 Å². The van der Waals surface area contributed by atoms with Crippen LogP contribution in [0.25, 0.3) is 5.76 Å². The van der Waals surface area contributed by atoms with Gasteiger partial charge in [-0.2, -0.15) is 0 Å². The second kappa shape index (κ2) is 9.04. The predicted molar refractivity (Wildman–Crippen MR) is 119 cm³/mol. The molecule has 32 heavy (non-hydrogen) atoms. The van der Waals surface area contributed by atoms with Gasteiger partial charge in [0.25, 0.3) is 11.7 Å². The first-order valence-corrected chi connectivity index (χ1v) is 10.7. The Hall–Kier alpha value is -3.32. The minimum absolute atomic E-state index is 0.0610. The first-order chi connectivity index (χ1) is 15.4. The molecule has 4 rings (SSSR count). The summed E-state index contributed by atoms with van der Waals surface area (Å²) in [6.45, 7) is 4.91. The molecule has 1 fully saturated rings. The van der Waals surface area contributed by atoms with Crippen molar-refractivity contribution in [2.75, 3.05) is 26.9 Å². The van der Waals surface area contributed by atoms with E-state index in [0.717, 1.165) is 17.7 Å². The van der Waals surface area contributed by atoms with Crippen molar-refractivity contribution in [1.82, 2.24) is 4.90 Å². The Balaban J connectivity index is 1.79. The molecule has 1 N–H and O–H groups in total. The van der Waals surface area contributed by atoms with Crippen LogP contribution in [0.4, 0.5) is 0 Å². The molecule has 2 aromatic carbocycles. The quantitative estimate of drug-likeness (QED) is 0.406. The molecule has 0 aliphatic carbocycles. The van der Waals surface area contributed by atoms with Crippen molar-refractivity contribution in [3.63, 3.8) is 0 Å². The molecule has 7 nitrogen and oxygen atoms in total. The highest BCUT2D eigenvalue weighted by atomic mass is 16.5. The molecule has 2 heterocycles. The monoisotopic (exact) mass is 437 g/mol. The summed E-state index contributed by atoms with van der Waals surface area (Å²) in [6, 6.07) is 11.8. The van der Waals surface area contributed by atoms with Gasteiger partial charge in [0.1, 0.15) is 23.4 Å². The number of carbonyl (C=O) groups is 2. The third-order valence-corrected chi connectivity index (χ3v) is 5.75. The molecule has 2 atom stereocenters. The number of hydrogen-bond donors (Lipinski definition) is 1. The van der Waals surface area contributed by atoms with E-state index in [0.29, 0.717) is 23.5 Å². The number of benzene rings is 2. The lowest BCUT2D eigenvalue weighted by Gasteiger charge is -2.25. The zero-order chi connectivity index (χ0) is 22.8. The average Bonchev–Trinajstić information content (AvgIpc) is 3.28. The SMILES string of the molecule is CCOc1ccc(C2/C(=C(/O)c3ccc4c(c3)CC(C)O4)C(=O)C(=O)N2CCOC)cc1. The van der Waals surface area contributed by atoms with Gasteiger partial charge in [-0.1, -0.05) is 12.1 Å². The van der Waals surface area contributed by atoms with Crippen molar-refractivity contribution in [1.29, 1.82) is 0 Å². The Morgan fingerprint density at radius 3 is 2.62 bits per heavy atom. The molecule has 2 unspecified atom stereocenters. The number of nitrogens with zero attached hydrogens (tertiary/aromatic N) is 1. The molecule has 2 aliphatic rings. The summed E-state index contributed by atoms with van der Waals surface area (Å²) >= 11 is 0. The number of aliphatic hydroxyl groups is 1. The lowest BCUT2D eigenvalue weighted by molar-refractivity contribution is -0.140. The van der Waals surface area contributed by atoms with Crippen molar-refractivity contribution in [2.45, 2.75) is 32.4 Å². The van der Waals surface area contributed by atoms with Gasteiger partial charge in [-0.3, -0.25) is 9.59 Å². The molecule has 0 spiro atoms. The summed E-state index contributed by atoms with van der Waals surface area (Å²) in [5.41, 5.74) is 2.24. The minimum atomic E-state index is -0.718. The number of ketones is 1. The van der Waals surface area contributed by atoms with E-state index >= 15 is 0 Å². The predicted octanol–water partition coefficient (Wildman–Crippen LogP) is 3.48. The van der Waals surface area contributed by atoms with Crippen molar-refractivity contribution in [3.05, 3.63) is 64.7 Å². The van der Waals surface area contributed by atoms with Crippen LogP contribution >= 0.6 is 0 Å². The van der Waals surface area contributed by atoms with Gasteiger partial charge >= 0.3 is 0 Å². The Morgan fingerprint density at radius 1 is 1.19 bits per heavy atom. The fourth-order valence-electron chi connectivity index (χ4n) is 4.28. The summed E-state index contributed by atoms with van der Waals surface area (Å²) in [4.78, 5) is 27.4. The molecular formula is C25H27NO6. The van der Waals surface area contributed by atoms with E-state index in [4.69, 9.17) is 14.2 Å². The maximum Gasteiger partial charge on any atom is 0.295 e. The molecule has 0 radical (unpaired) electrons. The highest BCUT2D eigenvalue weighted by Crippen LogP contribution is 2.40. The number of aliphatic hydroxyl groups excluding tert-OH is 1. The van der Waals surface area contributed by atoms with Crippen LogP contribution in [0.5, 0.6) is 11.5 Å². The smallest absolute Gasteiger partial charge is 0.295 e. The van der Waals surface area contributed by atoms with E-state index in [1.54, 1.807) is 24.3 Å². The van der Waals surface area contributed by atoms with Crippen LogP contribution in [0.2, 0.25) is 0 Å². The van der Waals surface area contributed by atoms with Crippen molar-refractivity contribution in [2.24, 2.45) is 0 Å². The van der Waals surface area contributed by atoms with Crippen LogP contribution in [0, 0.1) is 0 Å². The van der Waals surface area contributed by atoms with Gasteiger partial charge in [0.15, 0.2) is 0 Å². The van der Waals surface area contributed by atoms with E-state index < -0.39 is 17.7 Å². The Labute approximate surface area is 187 Å². The highest BCUT2D eigenvalue weighted by molar-refractivity contribution is 6.46. The topological polar surface area (TPSA) is 85.3 Å². The maximum absolute atomic E-state index is 13.0. The lowest BCUT2D eigenvalue weighted by Crippen LogP contribution is -2.32.